The molecule has 228 valence electrons. The molecule has 0 saturated carbocycles. The van der Waals surface area contributed by atoms with E-state index in [-0.39, 0.29) is 0 Å². The standard InChI is InChI=1S/C46H34N2/c1-47-40-20-12-10-18-35(40)37-28-30(21-24-41(37)47)27-31-22-25-42-38(29-31)44-43(48(42)2)26-23-36-34-17-9-11-19-39(34)46(45(36)44,32-13-5-3-6-14-32)33-15-7-4-8-16-33/h3-26,28-29H,27H2,1-2H3. The molecule has 0 spiro atoms. The number of nitrogens with zero attached hydrogens (tertiary/aromatic N) is 2. The second-order valence-corrected chi connectivity index (χ2v) is 13.4. The minimum Gasteiger partial charge on any atom is -0.344 e. The summed E-state index contributed by atoms with van der Waals surface area (Å²) < 4.78 is 4.70. The molecule has 0 aliphatic heterocycles. The van der Waals surface area contributed by atoms with Gasteiger partial charge in [0, 0.05) is 57.7 Å². The molecule has 0 amide bonds. The van der Waals surface area contributed by atoms with Crippen molar-refractivity contribution in [3.05, 3.63) is 191 Å². The van der Waals surface area contributed by atoms with Gasteiger partial charge in [0.25, 0.3) is 0 Å². The summed E-state index contributed by atoms with van der Waals surface area (Å²) >= 11 is 0. The summed E-state index contributed by atoms with van der Waals surface area (Å²) in [5.74, 6) is 0. The number of rotatable bonds is 4. The molecular weight excluding hydrogens is 581 g/mol. The van der Waals surface area contributed by atoms with Crippen LogP contribution in [0.3, 0.4) is 0 Å². The highest BCUT2D eigenvalue weighted by molar-refractivity contribution is 6.14. The highest BCUT2D eigenvalue weighted by atomic mass is 14.9. The van der Waals surface area contributed by atoms with E-state index in [1.807, 2.05) is 0 Å². The fraction of sp³-hybridized carbons (Fsp3) is 0.0870. The normalized spacial score (nSPS) is 13.5. The SMILES string of the molecule is Cn1c2ccccc2c2cc(Cc3ccc4c(c3)c3c5c(ccc3n4C)-c3ccccc3C5(c3ccccc3)c3ccccc3)ccc21. The van der Waals surface area contributed by atoms with Crippen LogP contribution in [0.4, 0.5) is 0 Å². The number of hydrogen-bond donors (Lipinski definition) is 0. The third-order valence-corrected chi connectivity index (χ3v) is 11.0. The average molecular weight is 615 g/mol. The molecule has 2 heteroatoms. The van der Waals surface area contributed by atoms with E-state index in [0.29, 0.717) is 0 Å². The average Bonchev–Trinajstić information content (AvgIpc) is 3.72. The molecule has 1 aliphatic carbocycles. The van der Waals surface area contributed by atoms with E-state index >= 15 is 0 Å². The van der Waals surface area contributed by atoms with Crippen LogP contribution in [0.1, 0.15) is 33.4 Å². The smallest absolute Gasteiger partial charge is 0.0720 e. The molecule has 48 heavy (non-hydrogen) atoms. The van der Waals surface area contributed by atoms with Crippen molar-refractivity contribution in [2.24, 2.45) is 14.1 Å². The minimum atomic E-state index is -0.447. The molecule has 0 atom stereocenters. The first-order valence-electron chi connectivity index (χ1n) is 16.9. The first-order valence-corrected chi connectivity index (χ1v) is 16.9. The summed E-state index contributed by atoms with van der Waals surface area (Å²) in [6.07, 6.45) is 0.878. The summed E-state index contributed by atoms with van der Waals surface area (Å²) in [5, 5.41) is 5.30. The molecule has 0 unspecified atom stereocenters. The molecule has 2 nitrogen and oxygen atoms in total. The fourth-order valence-corrected chi connectivity index (χ4v) is 8.96. The van der Waals surface area contributed by atoms with Gasteiger partial charge in [-0.05, 0) is 87.3 Å². The summed E-state index contributed by atoms with van der Waals surface area (Å²) in [7, 11) is 4.39. The fourth-order valence-electron chi connectivity index (χ4n) is 8.96. The number of fused-ring (bicyclic) bond motifs is 10. The van der Waals surface area contributed by atoms with E-state index < -0.39 is 5.41 Å². The quantitative estimate of drug-likeness (QED) is 0.187. The van der Waals surface area contributed by atoms with E-state index in [1.54, 1.807) is 0 Å². The van der Waals surface area contributed by atoms with Gasteiger partial charge < -0.3 is 9.13 Å². The van der Waals surface area contributed by atoms with Gasteiger partial charge in [-0.15, -0.1) is 0 Å². The van der Waals surface area contributed by atoms with Gasteiger partial charge >= 0.3 is 0 Å². The Morgan fingerprint density at radius 3 is 1.71 bits per heavy atom. The summed E-state index contributed by atoms with van der Waals surface area (Å²) in [4.78, 5) is 0. The number of benzene rings is 7. The van der Waals surface area contributed by atoms with Gasteiger partial charge in [0.15, 0.2) is 0 Å². The third-order valence-electron chi connectivity index (χ3n) is 11.0. The van der Waals surface area contributed by atoms with Crippen LogP contribution < -0.4 is 0 Å². The van der Waals surface area contributed by atoms with Gasteiger partial charge in [0.05, 0.1) is 5.41 Å². The van der Waals surface area contributed by atoms with Crippen molar-refractivity contribution in [3.63, 3.8) is 0 Å². The predicted molar refractivity (Wildman–Crippen MR) is 201 cm³/mol. The second kappa shape index (κ2) is 10.1. The number of aromatic nitrogens is 2. The van der Waals surface area contributed by atoms with E-state index in [1.165, 1.54) is 88.1 Å². The van der Waals surface area contributed by atoms with Gasteiger partial charge in [-0.25, -0.2) is 0 Å². The van der Waals surface area contributed by atoms with Gasteiger partial charge in [-0.2, -0.15) is 0 Å². The molecule has 0 radical (unpaired) electrons. The second-order valence-electron chi connectivity index (χ2n) is 13.4. The van der Waals surface area contributed by atoms with E-state index in [9.17, 15) is 0 Å². The van der Waals surface area contributed by atoms with E-state index in [4.69, 9.17) is 0 Å². The van der Waals surface area contributed by atoms with Gasteiger partial charge in [-0.3, -0.25) is 0 Å². The molecule has 1 aliphatic rings. The van der Waals surface area contributed by atoms with Crippen LogP contribution in [0.25, 0.3) is 54.7 Å². The number of hydrogen-bond acceptors (Lipinski definition) is 0. The zero-order valence-electron chi connectivity index (χ0n) is 27.1. The van der Waals surface area contributed by atoms with Crippen LogP contribution in [0, 0.1) is 0 Å². The van der Waals surface area contributed by atoms with Crippen LogP contribution in [0.5, 0.6) is 0 Å². The first-order chi connectivity index (χ1) is 23.6. The van der Waals surface area contributed by atoms with Gasteiger partial charge in [0.2, 0.25) is 0 Å². The monoisotopic (exact) mass is 614 g/mol. The maximum atomic E-state index is 2.47. The van der Waals surface area contributed by atoms with Crippen molar-refractivity contribution in [2.75, 3.05) is 0 Å². The highest BCUT2D eigenvalue weighted by Gasteiger charge is 2.47. The van der Waals surface area contributed by atoms with Crippen molar-refractivity contribution in [1.29, 1.82) is 0 Å². The highest BCUT2D eigenvalue weighted by Crippen LogP contribution is 2.59. The Labute approximate surface area is 280 Å². The Bertz CT molecular complexity index is 2670. The number of aryl methyl sites for hydroxylation is 2. The van der Waals surface area contributed by atoms with Crippen LogP contribution in [-0.4, -0.2) is 9.13 Å². The lowest BCUT2D eigenvalue weighted by molar-refractivity contribution is 0.775. The number of para-hydroxylation sites is 1. The Morgan fingerprint density at radius 1 is 0.438 bits per heavy atom. The predicted octanol–water partition coefficient (Wildman–Crippen LogP) is 10.9. The van der Waals surface area contributed by atoms with Crippen LogP contribution >= 0.6 is 0 Å². The van der Waals surface area contributed by atoms with E-state index in [2.05, 4.69) is 181 Å². The molecular formula is C46H34N2. The van der Waals surface area contributed by atoms with Crippen molar-refractivity contribution in [3.8, 4) is 11.1 Å². The molecule has 2 heterocycles. The van der Waals surface area contributed by atoms with Crippen molar-refractivity contribution >= 4 is 43.6 Å². The Morgan fingerprint density at radius 2 is 0.979 bits per heavy atom. The first kappa shape index (κ1) is 27.3. The van der Waals surface area contributed by atoms with Crippen LogP contribution in [0.15, 0.2) is 158 Å². The lowest BCUT2D eigenvalue weighted by Crippen LogP contribution is -2.28. The zero-order valence-corrected chi connectivity index (χ0v) is 27.1. The van der Waals surface area contributed by atoms with Gasteiger partial charge in [-0.1, -0.05) is 121 Å². The third kappa shape index (κ3) is 3.58. The summed E-state index contributed by atoms with van der Waals surface area (Å²) in [6.45, 7) is 0. The van der Waals surface area contributed by atoms with Crippen molar-refractivity contribution in [1.82, 2.24) is 9.13 Å². The maximum Gasteiger partial charge on any atom is 0.0720 e. The van der Waals surface area contributed by atoms with E-state index in [0.717, 1.165) is 6.42 Å². The molecule has 9 aromatic rings. The summed E-state index contributed by atoms with van der Waals surface area (Å²) in [5.41, 5.74) is 15.3. The topological polar surface area (TPSA) is 9.86 Å². The lowest BCUT2D eigenvalue weighted by atomic mass is 9.67. The molecule has 0 fully saturated rings. The molecule has 0 saturated heterocycles. The zero-order chi connectivity index (χ0) is 32.0. The minimum absolute atomic E-state index is 0.447. The Hall–Kier alpha value is -5.86. The Balaban J connectivity index is 1.24. The molecule has 10 rings (SSSR count). The molecule has 0 N–H and O–H groups in total. The summed E-state index contributed by atoms with van der Waals surface area (Å²) in [6, 6.07) is 58.9. The van der Waals surface area contributed by atoms with Gasteiger partial charge in [0.1, 0.15) is 0 Å². The van der Waals surface area contributed by atoms with Crippen molar-refractivity contribution in [2.45, 2.75) is 11.8 Å². The lowest BCUT2D eigenvalue weighted by Gasteiger charge is -2.34. The maximum absolute atomic E-state index is 2.47. The van der Waals surface area contributed by atoms with Crippen LogP contribution in [-0.2, 0) is 25.9 Å². The van der Waals surface area contributed by atoms with Crippen LogP contribution in [0.2, 0.25) is 0 Å². The molecule has 2 aromatic heterocycles. The van der Waals surface area contributed by atoms with Crippen molar-refractivity contribution < 1.29 is 0 Å². The molecule has 7 aromatic carbocycles. The Kier molecular flexibility index (Phi) is 5.72. The largest absolute Gasteiger partial charge is 0.344 e. The molecule has 0 bridgehead atoms.